The fourth-order valence-corrected chi connectivity index (χ4v) is 2.63. The van der Waals surface area contributed by atoms with Crippen LogP contribution in [0.5, 0.6) is 0 Å². The third kappa shape index (κ3) is 2.98. The van der Waals surface area contributed by atoms with E-state index in [1.165, 1.54) is 28.7 Å². The van der Waals surface area contributed by atoms with Crippen LogP contribution >= 0.6 is 22.7 Å². The number of thiophene rings is 1. The van der Waals surface area contributed by atoms with Crippen LogP contribution in [-0.4, -0.2) is 15.1 Å². The summed E-state index contributed by atoms with van der Waals surface area (Å²) in [5.74, 6) is 0. The van der Waals surface area contributed by atoms with Gasteiger partial charge in [-0.2, -0.15) is 0 Å². The van der Waals surface area contributed by atoms with Gasteiger partial charge in [0.2, 0.25) is 5.13 Å². The first kappa shape index (κ1) is 11.9. The Morgan fingerprint density at radius 1 is 1.41 bits per heavy atom. The van der Waals surface area contributed by atoms with Crippen LogP contribution in [0.3, 0.4) is 0 Å². The maximum atomic E-state index is 10.5. The van der Waals surface area contributed by atoms with Crippen molar-refractivity contribution in [3.63, 3.8) is 0 Å². The molecule has 0 aliphatic rings. The molecule has 90 valence electrons. The molecule has 0 unspecified atom stereocenters. The number of nitro groups is 1. The van der Waals surface area contributed by atoms with Crippen molar-refractivity contribution in [2.24, 2.45) is 0 Å². The molecule has 0 radical (unpaired) electrons. The third-order valence-electron chi connectivity index (χ3n) is 2.01. The van der Waals surface area contributed by atoms with Gasteiger partial charge < -0.3 is 5.32 Å². The molecule has 0 aliphatic heterocycles. The standard InChI is InChI=1S/C9H10N4O2S2/c1-2-7-11-12-9(17-7)10-5-6-3-4-8(16-6)13(14)15/h3-4H,2,5H2,1H3,(H,10,12). The molecule has 8 heteroatoms. The normalized spacial score (nSPS) is 10.4. The molecule has 0 amide bonds. The van der Waals surface area contributed by atoms with Gasteiger partial charge in [-0.1, -0.05) is 29.6 Å². The Balaban J connectivity index is 1.94. The molecular weight excluding hydrogens is 260 g/mol. The fraction of sp³-hybridized carbons (Fsp3) is 0.333. The van der Waals surface area contributed by atoms with E-state index in [9.17, 15) is 10.1 Å². The van der Waals surface area contributed by atoms with E-state index in [1.54, 1.807) is 6.07 Å². The van der Waals surface area contributed by atoms with Crippen LogP contribution in [0, 0.1) is 10.1 Å². The Morgan fingerprint density at radius 2 is 2.24 bits per heavy atom. The molecule has 0 atom stereocenters. The molecular formula is C9H10N4O2S2. The SMILES string of the molecule is CCc1nnc(NCc2ccc([N+](=O)[O-])s2)s1. The molecule has 0 aliphatic carbocycles. The Bertz CT molecular complexity index is 523. The molecule has 0 aromatic carbocycles. The van der Waals surface area contributed by atoms with Crippen LogP contribution in [0.2, 0.25) is 0 Å². The van der Waals surface area contributed by atoms with Crippen LogP contribution < -0.4 is 5.32 Å². The van der Waals surface area contributed by atoms with Gasteiger partial charge in [0.25, 0.3) is 0 Å². The third-order valence-corrected chi connectivity index (χ3v) is 4.07. The first-order valence-corrected chi connectivity index (χ1v) is 6.61. The first-order chi connectivity index (χ1) is 8.19. The Hall–Kier alpha value is -1.54. The second-order valence-electron chi connectivity index (χ2n) is 3.21. The van der Waals surface area contributed by atoms with E-state index in [4.69, 9.17) is 0 Å². The van der Waals surface area contributed by atoms with E-state index in [0.717, 1.165) is 21.4 Å². The zero-order chi connectivity index (χ0) is 12.3. The van der Waals surface area contributed by atoms with Gasteiger partial charge >= 0.3 is 5.00 Å². The minimum atomic E-state index is -0.381. The van der Waals surface area contributed by atoms with Crippen molar-refractivity contribution in [1.29, 1.82) is 0 Å². The predicted molar refractivity (Wildman–Crippen MR) is 67.6 cm³/mol. The molecule has 2 aromatic heterocycles. The highest BCUT2D eigenvalue weighted by Crippen LogP contribution is 2.25. The van der Waals surface area contributed by atoms with Crippen LogP contribution in [0.25, 0.3) is 0 Å². The van der Waals surface area contributed by atoms with E-state index in [1.807, 2.05) is 6.92 Å². The molecule has 2 heterocycles. The fourth-order valence-electron chi connectivity index (χ4n) is 1.19. The van der Waals surface area contributed by atoms with Crippen molar-refractivity contribution in [2.75, 3.05) is 5.32 Å². The van der Waals surface area contributed by atoms with Crippen molar-refractivity contribution in [3.05, 3.63) is 32.1 Å². The number of nitrogens with zero attached hydrogens (tertiary/aromatic N) is 3. The van der Waals surface area contributed by atoms with Crippen molar-refractivity contribution in [1.82, 2.24) is 10.2 Å². The smallest absolute Gasteiger partial charge is 0.324 e. The summed E-state index contributed by atoms with van der Waals surface area (Å²) in [7, 11) is 0. The van der Waals surface area contributed by atoms with Gasteiger partial charge in [0, 0.05) is 10.9 Å². The van der Waals surface area contributed by atoms with Crippen molar-refractivity contribution < 1.29 is 4.92 Å². The van der Waals surface area contributed by atoms with Crippen LogP contribution in [0.4, 0.5) is 10.1 Å². The van der Waals surface area contributed by atoms with Crippen molar-refractivity contribution in [3.8, 4) is 0 Å². The number of aromatic nitrogens is 2. The monoisotopic (exact) mass is 270 g/mol. The van der Waals surface area contributed by atoms with Crippen LogP contribution in [-0.2, 0) is 13.0 Å². The van der Waals surface area contributed by atoms with Gasteiger partial charge in [0.1, 0.15) is 5.01 Å². The first-order valence-electron chi connectivity index (χ1n) is 4.98. The lowest BCUT2D eigenvalue weighted by Crippen LogP contribution is -1.96. The summed E-state index contributed by atoms with van der Waals surface area (Å²) in [6.07, 6.45) is 0.865. The predicted octanol–water partition coefficient (Wildman–Crippen LogP) is 2.68. The van der Waals surface area contributed by atoms with E-state index in [-0.39, 0.29) is 9.92 Å². The van der Waals surface area contributed by atoms with Crippen LogP contribution in [0.1, 0.15) is 16.8 Å². The van der Waals surface area contributed by atoms with Gasteiger partial charge in [-0.05, 0) is 12.5 Å². The molecule has 17 heavy (non-hydrogen) atoms. The minimum absolute atomic E-state index is 0.160. The Morgan fingerprint density at radius 3 is 2.82 bits per heavy atom. The molecule has 0 spiro atoms. The van der Waals surface area contributed by atoms with Gasteiger partial charge in [0.15, 0.2) is 0 Å². The Labute approximate surface area is 105 Å². The summed E-state index contributed by atoms with van der Waals surface area (Å²) in [5, 5.41) is 23.4. The summed E-state index contributed by atoms with van der Waals surface area (Å²) in [6, 6.07) is 3.26. The zero-order valence-corrected chi connectivity index (χ0v) is 10.7. The molecule has 0 fully saturated rings. The molecule has 6 nitrogen and oxygen atoms in total. The van der Waals surface area contributed by atoms with E-state index < -0.39 is 0 Å². The zero-order valence-electron chi connectivity index (χ0n) is 9.04. The average Bonchev–Trinajstić information content (AvgIpc) is 2.95. The molecule has 2 aromatic rings. The van der Waals surface area contributed by atoms with Gasteiger partial charge in [0.05, 0.1) is 11.5 Å². The Kier molecular flexibility index (Phi) is 3.64. The summed E-state index contributed by atoms with van der Waals surface area (Å²) >= 11 is 2.67. The molecule has 0 saturated heterocycles. The number of aryl methyl sites for hydroxylation is 1. The quantitative estimate of drug-likeness (QED) is 0.667. The summed E-state index contributed by atoms with van der Waals surface area (Å²) in [6.45, 7) is 2.56. The molecule has 0 bridgehead atoms. The number of nitrogens with one attached hydrogen (secondary N) is 1. The number of anilines is 1. The molecule has 0 saturated carbocycles. The highest BCUT2D eigenvalue weighted by Gasteiger charge is 2.10. The number of rotatable bonds is 5. The second kappa shape index (κ2) is 5.19. The topological polar surface area (TPSA) is 81.0 Å². The van der Waals surface area contributed by atoms with Gasteiger partial charge in [-0.3, -0.25) is 10.1 Å². The second-order valence-corrected chi connectivity index (χ2v) is 5.41. The van der Waals surface area contributed by atoms with E-state index in [2.05, 4.69) is 15.5 Å². The lowest BCUT2D eigenvalue weighted by atomic mass is 10.4. The lowest BCUT2D eigenvalue weighted by Gasteiger charge is -1.96. The number of hydrogen-bond acceptors (Lipinski definition) is 7. The molecule has 2 rings (SSSR count). The minimum Gasteiger partial charge on any atom is -0.355 e. The highest BCUT2D eigenvalue weighted by molar-refractivity contribution is 7.15. The molecule has 1 N–H and O–H groups in total. The summed E-state index contributed by atoms with van der Waals surface area (Å²) < 4.78 is 0. The van der Waals surface area contributed by atoms with Gasteiger partial charge in [-0.15, -0.1) is 10.2 Å². The van der Waals surface area contributed by atoms with E-state index >= 15 is 0 Å². The van der Waals surface area contributed by atoms with Crippen molar-refractivity contribution in [2.45, 2.75) is 19.9 Å². The summed E-state index contributed by atoms with van der Waals surface area (Å²) in [4.78, 5) is 11.0. The largest absolute Gasteiger partial charge is 0.355 e. The lowest BCUT2D eigenvalue weighted by molar-refractivity contribution is -0.380. The van der Waals surface area contributed by atoms with E-state index in [0.29, 0.717) is 6.54 Å². The summed E-state index contributed by atoms with van der Waals surface area (Å²) in [5.41, 5.74) is 0. The van der Waals surface area contributed by atoms with Crippen molar-refractivity contribution >= 4 is 32.8 Å². The van der Waals surface area contributed by atoms with Crippen LogP contribution in [0.15, 0.2) is 12.1 Å². The average molecular weight is 270 g/mol. The maximum absolute atomic E-state index is 10.5. The maximum Gasteiger partial charge on any atom is 0.324 e. The number of hydrogen-bond donors (Lipinski definition) is 1. The van der Waals surface area contributed by atoms with Gasteiger partial charge in [-0.25, -0.2) is 0 Å². The highest BCUT2D eigenvalue weighted by atomic mass is 32.1.